The Hall–Kier alpha value is -4.86. The molecule has 0 radical (unpaired) electrons. The highest BCUT2D eigenvalue weighted by Gasteiger charge is 2.41. The van der Waals surface area contributed by atoms with Gasteiger partial charge in [0.1, 0.15) is 0 Å². The van der Waals surface area contributed by atoms with Gasteiger partial charge in [0.15, 0.2) is 11.6 Å². The molecule has 6 rings (SSSR count). The Labute approximate surface area is 179 Å². The lowest BCUT2D eigenvalue weighted by molar-refractivity contribution is 0.0871. The van der Waals surface area contributed by atoms with Crippen molar-refractivity contribution < 1.29 is 19.2 Å². The number of hydrogen-bond donors (Lipinski definition) is 0. The van der Waals surface area contributed by atoms with E-state index in [1.807, 2.05) is 0 Å². The van der Waals surface area contributed by atoms with E-state index < -0.39 is 23.6 Å². The molecule has 2 aliphatic heterocycles. The van der Waals surface area contributed by atoms with Crippen LogP contribution < -0.4 is 9.80 Å². The van der Waals surface area contributed by atoms with Gasteiger partial charge in [-0.25, -0.2) is 19.8 Å². The first-order chi connectivity index (χ1) is 15.6. The summed E-state index contributed by atoms with van der Waals surface area (Å²) in [6.07, 6.45) is 8.25. The van der Waals surface area contributed by atoms with Crippen LogP contribution in [-0.2, 0) is 0 Å². The molecule has 4 heterocycles. The van der Waals surface area contributed by atoms with E-state index in [-0.39, 0.29) is 44.7 Å². The van der Waals surface area contributed by atoms with Crippen LogP contribution in [0.3, 0.4) is 0 Å². The summed E-state index contributed by atoms with van der Waals surface area (Å²) in [7, 11) is 0. The number of carbonyl (C=O) groups is 4. The average molecular weight is 422 g/mol. The first kappa shape index (κ1) is 18.0. The van der Waals surface area contributed by atoms with E-state index >= 15 is 0 Å². The van der Waals surface area contributed by atoms with Gasteiger partial charge in [-0.05, 0) is 24.3 Å². The molecule has 2 aliphatic rings. The summed E-state index contributed by atoms with van der Waals surface area (Å²) >= 11 is 0. The van der Waals surface area contributed by atoms with E-state index in [1.54, 1.807) is 0 Å². The van der Waals surface area contributed by atoms with Crippen molar-refractivity contribution in [1.82, 2.24) is 19.9 Å². The van der Waals surface area contributed by atoms with Gasteiger partial charge in [-0.3, -0.25) is 29.1 Å². The number of anilines is 2. The maximum absolute atomic E-state index is 13.2. The molecule has 4 aromatic rings. The van der Waals surface area contributed by atoms with Gasteiger partial charge in [0.25, 0.3) is 23.6 Å². The molecule has 0 saturated heterocycles. The van der Waals surface area contributed by atoms with E-state index in [0.29, 0.717) is 0 Å². The van der Waals surface area contributed by atoms with Crippen molar-refractivity contribution in [2.75, 3.05) is 9.80 Å². The predicted molar refractivity (Wildman–Crippen MR) is 110 cm³/mol. The van der Waals surface area contributed by atoms with E-state index in [2.05, 4.69) is 19.9 Å². The van der Waals surface area contributed by atoms with Gasteiger partial charge in [-0.2, -0.15) is 0 Å². The third kappa shape index (κ3) is 2.23. The topological polar surface area (TPSA) is 126 Å². The molecule has 2 aromatic heterocycles. The minimum absolute atomic E-state index is 0.0857. The molecule has 0 N–H and O–H groups in total. The molecule has 0 spiro atoms. The average Bonchev–Trinajstić information content (AvgIpc) is 2.83. The maximum Gasteiger partial charge on any atom is 0.267 e. The lowest BCUT2D eigenvalue weighted by Crippen LogP contribution is -2.44. The van der Waals surface area contributed by atoms with E-state index in [0.717, 1.165) is 9.80 Å². The second kappa shape index (κ2) is 6.32. The van der Waals surface area contributed by atoms with Gasteiger partial charge < -0.3 is 0 Å². The number of hydrogen-bond acceptors (Lipinski definition) is 8. The number of amides is 4. The van der Waals surface area contributed by atoms with Crippen LogP contribution in [0.25, 0.3) is 10.8 Å². The molecule has 0 aliphatic carbocycles. The van der Waals surface area contributed by atoms with Gasteiger partial charge in [-0.15, -0.1) is 0 Å². The number of rotatable bonds is 2. The first-order valence-corrected chi connectivity index (χ1v) is 9.47. The Bertz CT molecular complexity index is 1320. The van der Waals surface area contributed by atoms with Crippen molar-refractivity contribution in [3.8, 4) is 0 Å². The molecule has 32 heavy (non-hydrogen) atoms. The Morgan fingerprint density at radius 3 is 1.12 bits per heavy atom. The Balaban J connectivity index is 1.59. The quantitative estimate of drug-likeness (QED) is 0.449. The Morgan fingerprint density at radius 2 is 0.844 bits per heavy atom. The van der Waals surface area contributed by atoms with Gasteiger partial charge in [0.05, 0.1) is 12.4 Å². The molecule has 4 amide bonds. The molecule has 0 atom stereocenters. The van der Waals surface area contributed by atoms with Gasteiger partial charge in [0, 0.05) is 57.8 Å². The third-order valence-electron chi connectivity index (χ3n) is 5.45. The lowest BCUT2D eigenvalue weighted by atomic mass is 9.86. The van der Waals surface area contributed by atoms with Crippen LogP contribution in [0.5, 0.6) is 0 Å². The molecule has 10 heteroatoms. The van der Waals surface area contributed by atoms with Crippen LogP contribution >= 0.6 is 0 Å². The third-order valence-corrected chi connectivity index (χ3v) is 5.45. The predicted octanol–water partition coefficient (Wildman–Crippen LogP) is 2.02. The molecule has 0 fully saturated rings. The SMILES string of the molecule is O=C1c2ccc3c4c(ccc(c24)C(=O)N1c1cnccn1)C(=O)N(c1cnccn1)C3=O. The standard InChI is InChI=1S/C22H10N6O4/c29-19-11-1-2-12-18-14(22(32)28(20(12)30)16-10-24-6-8-26-16)4-3-13(17(11)18)21(31)27(19)15-9-23-5-7-25-15/h1-10H. The number of nitrogens with zero attached hydrogens (tertiary/aromatic N) is 6. The fraction of sp³-hybridized carbons (Fsp3) is 0. The summed E-state index contributed by atoms with van der Waals surface area (Å²) in [5, 5.41) is 0.547. The van der Waals surface area contributed by atoms with Crippen molar-refractivity contribution in [3.63, 3.8) is 0 Å². The second-order valence-corrected chi connectivity index (χ2v) is 7.09. The van der Waals surface area contributed by atoms with Gasteiger partial charge >= 0.3 is 0 Å². The molecule has 152 valence electrons. The molecule has 0 saturated carbocycles. The Morgan fingerprint density at radius 1 is 0.500 bits per heavy atom. The van der Waals surface area contributed by atoms with Crippen molar-refractivity contribution in [1.29, 1.82) is 0 Å². The summed E-state index contributed by atoms with van der Waals surface area (Å²) in [4.78, 5) is 70.8. The number of carbonyl (C=O) groups excluding carboxylic acids is 4. The monoisotopic (exact) mass is 422 g/mol. The summed E-state index contributed by atoms with van der Waals surface area (Å²) in [5.41, 5.74) is 0.776. The summed E-state index contributed by atoms with van der Waals surface area (Å²) in [6, 6.07) is 5.91. The lowest BCUT2D eigenvalue weighted by Gasteiger charge is -2.30. The smallest absolute Gasteiger partial charge is 0.267 e. The molecule has 0 bridgehead atoms. The van der Waals surface area contributed by atoms with Crippen LogP contribution in [0.4, 0.5) is 11.6 Å². The summed E-state index contributed by atoms with van der Waals surface area (Å²) in [5.74, 6) is -2.26. The number of benzene rings is 2. The molecular formula is C22H10N6O4. The highest BCUT2D eigenvalue weighted by molar-refractivity contribution is 6.41. The van der Waals surface area contributed by atoms with Crippen molar-refractivity contribution in [2.45, 2.75) is 0 Å². The highest BCUT2D eigenvalue weighted by atomic mass is 16.2. The zero-order valence-electron chi connectivity index (χ0n) is 16.1. The minimum Gasteiger partial charge on any atom is -0.268 e. The normalized spacial score (nSPS) is 15.0. The molecular weight excluding hydrogens is 412 g/mol. The van der Waals surface area contributed by atoms with Crippen molar-refractivity contribution >= 4 is 46.0 Å². The first-order valence-electron chi connectivity index (χ1n) is 9.47. The summed E-state index contributed by atoms with van der Waals surface area (Å²) in [6.45, 7) is 0. The van der Waals surface area contributed by atoms with Crippen LogP contribution in [0.1, 0.15) is 41.4 Å². The van der Waals surface area contributed by atoms with Gasteiger partial charge in [0.2, 0.25) is 0 Å². The largest absolute Gasteiger partial charge is 0.268 e. The highest BCUT2D eigenvalue weighted by Crippen LogP contribution is 2.39. The van der Waals surface area contributed by atoms with E-state index in [9.17, 15) is 19.2 Å². The zero-order valence-corrected chi connectivity index (χ0v) is 16.1. The Kier molecular flexibility index (Phi) is 3.54. The minimum atomic E-state index is -0.608. The van der Waals surface area contributed by atoms with Crippen LogP contribution in [0.2, 0.25) is 0 Å². The number of aromatic nitrogens is 4. The molecule has 10 nitrogen and oxygen atoms in total. The molecule has 0 unspecified atom stereocenters. The van der Waals surface area contributed by atoms with Crippen LogP contribution in [0.15, 0.2) is 61.4 Å². The molecule has 2 aromatic carbocycles. The zero-order chi connectivity index (χ0) is 22.0. The fourth-order valence-electron chi connectivity index (χ4n) is 4.10. The van der Waals surface area contributed by atoms with Gasteiger partial charge in [-0.1, -0.05) is 0 Å². The number of imide groups is 2. The fourth-order valence-corrected chi connectivity index (χ4v) is 4.10. The maximum atomic E-state index is 13.2. The second-order valence-electron chi connectivity index (χ2n) is 7.09. The van der Waals surface area contributed by atoms with Crippen LogP contribution in [-0.4, -0.2) is 43.6 Å². The van der Waals surface area contributed by atoms with Crippen LogP contribution in [0, 0.1) is 0 Å². The van der Waals surface area contributed by atoms with E-state index in [4.69, 9.17) is 0 Å². The van der Waals surface area contributed by atoms with Crippen molar-refractivity contribution in [3.05, 3.63) is 83.7 Å². The summed E-state index contributed by atoms with van der Waals surface area (Å²) < 4.78 is 0. The van der Waals surface area contributed by atoms with E-state index in [1.165, 1.54) is 61.4 Å². The van der Waals surface area contributed by atoms with Crippen molar-refractivity contribution in [2.24, 2.45) is 0 Å².